The normalized spacial score (nSPS) is 10.4. The standard InChI is InChI=1S/C11H9NO3S2/c13-8-2-1-7(5-9(8)14)10(15)6-17-11-12-3-4-16-11/h1-5,13-14H,6H2. The summed E-state index contributed by atoms with van der Waals surface area (Å²) in [5.41, 5.74) is 0.379. The molecule has 2 N–H and O–H groups in total. The predicted molar refractivity (Wildman–Crippen MR) is 66.9 cm³/mol. The highest BCUT2D eigenvalue weighted by Crippen LogP contribution is 2.26. The molecule has 2 aromatic rings. The lowest BCUT2D eigenvalue weighted by molar-refractivity contribution is 0.102. The molecule has 1 aromatic heterocycles. The molecule has 0 unspecified atom stereocenters. The Morgan fingerprint density at radius 3 is 2.82 bits per heavy atom. The van der Waals surface area contributed by atoms with Crippen LogP contribution in [0.1, 0.15) is 10.4 Å². The Labute approximate surface area is 106 Å². The molecule has 0 bridgehead atoms. The fourth-order valence-electron chi connectivity index (χ4n) is 1.19. The first kappa shape index (κ1) is 11.9. The molecule has 0 aliphatic heterocycles. The number of ketones is 1. The fraction of sp³-hybridized carbons (Fsp3) is 0.0909. The van der Waals surface area contributed by atoms with Gasteiger partial charge in [-0.3, -0.25) is 4.79 Å². The van der Waals surface area contributed by atoms with Crippen molar-refractivity contribution in [2.45, 2.75) is 4.34 Å². The van der Waals surface area contributed by atoms with Crippen molar-refractivity contribution in [2.24, 2.45) is 0 Å². The highest BCUT2D eigenvalue weighted by Gasteiger charge is 2.10. The first-order valence-electron chi connectivity index (χ1n) is 4.74. The molecule has 17 heavy (non-hydrogen) atoms. The van der Waals surface area contributed by atoms with E-state index in [1.54, 1.807) is 6.20 Å². The molecule has 0 amide bonds. The summed E-state index contributed by atoms with van der Waals surface area (Å²) >= 11 is 2.83. The number of nitrogens with zero attached hydrogens (tertiary/aromatic N) is 1. The van der Waals surface area contributed by atoms with E-state index in [1.807, 2.05) is 5.38 Å². The van der Waals surface area contributed by atoms with Crippen LogP contribution in [0.5, 0.6) is 11.5 Å². The van der Waals surface area contributed by atoms with Gasteiger partial charge in [-0.1, -0.05) is 11.8 Å². The van der Waals surface area contributed by atoms with Crippen LogP contribution >= 0.6 is 23.1 Å². The van der Waals surface area contributed by atoms with Crippen molar-refractivity contribution >= 4 is 28.9 Å². The fourth-order valence-corrected chi connectivity index (χ4v) is 2.72. The van der Waals surface area contributed by atoms with Crippen LogP contribution in [0.3, 0.4) is 0 Å². The number of aromatic nitrogens is 1. The summed E-state index contributed by atoms with van der Waals surface area (Å²) in [6.07, 6.45) is 1.68. The van der Waals surface area contributed by atoms with Crippen LogP contribution in [0.4, 0.5) is 0 Å². The van der Waals surface area contributed by atoms with E-state index < -0.39 is 0 Å². The van der Waals surface area contributed by atoms with E-state index in [0.29, 0.717) is 5.56 Å². The van der Waals surface area contributed by atoms with Gasteiger partial charge >= 0.3 is 0 Å². The average Bonchev–Trinajstić information content (AvgIpc) is 2.82. The lowest BCUT2D eigenvalue weighted by Crippen LogP contribution is -2.01. The number of thioether (sulfide) groups is 1. The van der Waals surface area contributed by atoms with Gasteiger partial charge in [-0.2, -0.15) is 0 Å². The van der Waals surface area contributed by atoms with Gasteiger partial charge in [-0.25, -0.2) is 4.98 Å². The molecule has 0 radical (unpaired) electrons. The maximum absolute atomic E-state index is 11.8. The zero-order chi connectivity index (χ0) is 12.3. The van der Waals surface area contributed by atoms with Crippen molar-refractivity contribution in [1.29, 1.82) is 0 Å². The Kier molecular flexibility index (Phi) is 3.65. The second-order valence-electron chi connectivity index (χ2n) is 3.21. The number of aromatic hydroxyl groups is 2. The second-order valence-corrected chi connectivity index (χ2v) is 5.33. The van der Waals surface area contributed by atoms with Crippen molar-refractivity contribution in [3.8, 4) is 11.5 Å². The molecule has 0 saturated carbocycles. The van der Waals surface area contributed by atoms with Crippen LogP contribution in [0.25, 0.3) is 0 Å². The number of rotatable bonds is 4. The Balaban J connectivity index is 2.02. The Morgan fingerprint density at radius 2 is 2.18 bits per heavy atom. The molecule has 0 atom stereocenters. The molecule has 2 rings (SSSR count). The third kappa shape index (κ3) is 2.98. The Hall–Kier alpha value is -1.53. The van der Waals surface area contributed by atoms with Crippen molar-refractivity contribution in [1.82, 2.24) is 4.98 Å². The topological polar surface area (TPSA) is 70.4 Å². The lowest BCUT2D eigenvalue weighted by atomic mass is 10.1. The van der Waals surface area contributed by atoms with E-state index in [2.05, 4.69) is 4.98 Å². The van der Waals surface area contributed by atoms with Crippen LogP contribution in [-0.4, -0.2) is 26.7 Å². The molecular weight excluding hydrogens is 258 g/mol. The third-order valence-corrected chi connectivity index (χ3v) is 4.00. The van der Waals surface area contributed by atoms with E-state index in [9.17, 15) is 9.90 Å². The van der Waals surface area contributed by atoms with Crippen molar-refractivity contribution in [3.05, 3.63) is 35.3 Å². The van der Waals surface area contributed by atoms with E-state index in [4.69, 9.17) is 5.11 Å². The molecule has 0 saturated heterocycles. The quantitative estimate of drug-likeness (QED) is 0.506. The minimum absolute atomic E-state index is 0.111. The highest BCUT2D eigenvalue weighted by molar-refractivity contribution is 8.01. The van der Waals surface area contributed by atoms with Gasteiger partial charge in [-0.15, -0.1) is 11.3 Å². The number of carbonyl (C=O) groups is 1. The maximum Gasteiger partial charge on any atom is 0.173 e. The number of carbonyl (C=O) groups excluding carboxylic acids is 1. The van der Waals surface area contributed by atoms with Crippen molar-refractivity contribution in [3.63, 3.8) is 0 Å². The van der Waals surface area contributed by atoms with Gasteiger partial charge in [0.15, 0.2) is 17.3 Å². The van der Waals surface area contributed by atoms with Gasteiger partial charge in [-0.05, 0) is 18.2 Å². The van der Waals surface area contributed by atoms with Gasteiger partial charge in [0, 0.05) is 17.1 Å². The number of Topliss-reactive ketones (excluding diaryl/α,β-unsaturated/α-hetero) is 1. The minimum atomic E-state index is -0.282. The summed E-state index contributed by atoms with van der Waals surface area (Å²) < 4.78 is 0.835. The summed E-state index contributed by atoms with van der Waals surface area (Å²) in [5, 5.41) is 20.3. The van der Waals surface area contributed by atoms with E-state index in [1.165, 1.54) is 41.3 Å². The van der Waals surface area contributed by atoms with Crippen LogP contribution in [0.2, 0.25) is 0 Å². The number of phenolic OH excluding ortho intramolecular Hbond substituents is 2. The Bertz CT molecular complexity index is 526. The van der Waals surface area contributed by atoms with Crippen molar-refractivity contribution < 1.29 is 15.0 Å². The molecule has 0 aliphatic carbocycles. The summed E-state index contributed by atoms with van der Waals surface area (Å²) in [5.74, 6) is -0.359. The molecule has 88 valence electrons. The van der Waals surface area contributed by atoms with Gasteiger partial charge in [0.2, 0.25) is 0 Å². The first-order chi connectivity index (χ1) is 8.16. The van der Waals surface area contributed by atoms with E-state index >= 15 is 0 Å². The number of benzene rings is 1. The summed E-state index contributed by atoms with van der Waals surface area (Å²) in [6.45, 7) is 0. The maximum atomic E-state index is 11.8. The number of hydrogen-bond donors (Lipinski definition) is 2. The molecule has 4 nitrogen and oxygen atoms in total. The Morgan fingerprint density at radius 1 is 1.35 bits per heavy atom. The van der Waals surface area contributed by atoms with Gasteiger partial charge < -0.3 is 10.2 Å². The van der Waals surface area contributed by atoms with E-state index in [-0.39, 0.29) is 23.0 Å². The molecule has 6 heteroatoms. The largest absolute Gasteiger partial charge is 0.504 e. The highest BCUT2D eigenvalue weighted by atomic mass is 32.2. The monoisotopic (exact) mass is 267 g/mol. The number of phenols is 2. The molecular formula is C11H9NO3S2. The molecule has 1 aromatic carbocycles. The number of hydrogen-bond acceptors (Lipinski definition) is 6. The smallest absolute Gasteiger partial charge is 0.173 e. The minimum Gasteiger partial charge on any atom is -0.504 e. The molecule has 1 heterocycles. The van der Waals surface area contributed by atoms with Crippen LogP contribution < -0.4 is 0 Å². The predicted octanol–water partition coefficient (Wildman–Crippen LogP) is 2.53. The molecule has 0 aliphatic rings. The van der Waals surface area contributed by atoms with Crippen LogP contribution in [-0.2, 0) is 0 Å². The zero-order valence-corrected chi connectivity index (χ0v) is 10.3. The SMILES string of the molecule is O=C(CSc1nccs1)c1ccc(O)c(O)c1. The molecule has 0 fully saturated rings. The van der Waals surface area contributed by atoms with Gasteiger partial charge in [0.05, 0.1) is 5.75 Å². The first-order valence-corrected chi connectivity index (χ1v) is 6.61. The van der Waals surface area contributed by atoms with Crippen molar-refractivity contribution in [2.75, 3.05) is 5.75 Å². The summed E-state index contributed by atoms with van der Waals surface area (Å²) in [7, 11) is 0. The average molecular weight is 267 g/mol. The second kappa shape index (κ2) is 5.20. The third-order valence-electron chi connectivity index (χ3n) is 2.03. The van der Waals surface area contributed by atoms with Gasteiger partial charge in [0.25, 0.3) is 0 Å². The summed E-state index contributed by atoms with van der Waals surface area (Å²) in [4.78, 5) is 15.8. The molecule has 0 spiro atoms. The van der Waals surface area contributed by atoms with Crippen LogP contribution in [0, 0.1) is 0 Å². The van der Waals surface area contributed by atoms with E-state index in [0.717, 1.165) is 4.34 Å². The van der Waals surface area contributed by atoms with Gasteiger partial charge in [0.1, 0.15) is 4.34 Å². The number of thiazole rings is 1. The van der Waals surface area contributed by atoms with Crippen LogP contribution in [0.15, 0.2) is 34.1 Å². The zero-order valence-electron chi connectivity index (χ0n) is 8.66. The lowest BCUT2D eigenvalue weighted by Gasteiger charge is -2.01. The summed E-state index contributed by atoms with van der Waals surface area (Å²) in [6, 6.07) is 4.05.